The van der Waals surface area contributed by atoms with Crippen molar-refractivity contribution in [3.05, 3.63) is 81.0 Å². The van der Waals surface area contributed by atoms with Gasteiger partial charge in [0.2, 0.25) is 5.91 Å². The lowest BCUT2D eigenvalue weighted by Gasteiger charge is -2.11. The number of rotatable bonds is 6. The van der Waals surface area contributed by atoms with E-state index in [1.54, 1.807) is 30.3 Å². The van der Waals surface area contributed by atoms with Crippen molar-refractivity contribution >= 4 is 60.6 Å². The maximum atomic E-state index is 12.7. The molecule has 3 rings (SSSR count). The van der Waals surface area contributed by atoms with Crippen LogP contribution in [0.4, 0.5) is 11.4 Å². The Labute approximate surface area is 176 Å². The molecule has 2 N–H and O–H groups in total. The number of anilines is 2. The predicted molar refractivity (Wildman–Crippen MR) is 118 cm³/mol. The van der Waals surface area contributed by atoms with Gasteiger partial charge in [-0.05, 0) is 76.3 Å². The molecular weight excluding hydrogens is 460 g/mol. The van der Waals surface area contributed by atoms with E-state index in [-0.39, 0.29) is 10.8 Å². The highest BCUT2D eigenvalue weighted by atomic mass is 79.9. The van der Waals surface area contributed by atoms with Crippen molar-refractivity contribution in [2.45, 2.75) is 11.8 Å². The summed E-state index contributed by atoms with van der Waals surface area (Å²) in [6, 6.07) is 15.3. The normalized spacial score (nSPS) is 11.5. The molecule has 0 aliphatic rings. The van der Waals surface area contributed by atoms with Gasteiger partial charge in [-0.2, -0.15) is 0 Å². The summed E-state index contributed by atoms with van der Waals surface area (Å²) in [5.41, 5.74) is 1.78. The first-order valence-electron chi connectivity index (χ1n) is 8.25. The minimum absolute atomic E-state index is 0.0564. The van der Waals surface area contributed by atoms with E-state index in [0.29, 0.717) is 15.8 Å². The van der Waals surface area contributed by atoms with Gasteiger partial charge in [0.05, 0.1) is 10.6 Å². The lowest BCUT2D eigenvalue weighted by atomic mass is 10.2. The number of halogens is 1. The highest BCUT2D eigenvalue weighted by Gasteiger charge is 2.16. The standard InChI is InChI=1S/C20H17BrN2O3S2/c1-14-7-9-18(21)19(12-14)23-28(25,26)17-6-2-4-15(13-17)22-20(24)10-8-16-5-3-11-27-16/h2-13,23H,1H3,(H,22,24). The molecule has 0 bridgehead atoms. The maximum absolute atomic E-state index is 12.7. The van der Waals surface area contributed by atoms with Gasteiger partial charge in [0.1, 0.15) is 0 Å². The molecule has 8 heteroatoms. The summed E-state index contributed by atoms with van der Waals surface area (Å²) in [5.74, 6) is -0.336. The SMILES string of the molecule is Cc1ccc(Br)c(NS(=O)(=O)c2cccc(NC(=O)C=Cc3cccs3)c2)c1. The molecule has 0 radical (unpaired) electrons. The van der Waals surface area contributed by atoms with E-state index >= 15 is 0 Å². The quantitative estimate of drug-likeness (QED) is 0.475. The number of nitrogens with one attached hydrogen (secondary N) is 2. The fourth-order valence-electron chi connectivity index (χ4n) is 2.39. The molecule has 2 aromatic carbocycles. The van der Waals surface area contributed by atoms with Crippen molar-refractivity contribution < 1.29 is 13.2 Å². The topological polar surface area (TPSA) is 75.3 Å². The van der Waals surface area contributed by atoms with Crippen molar-refractivity contribution in [1.29, 1.82) is 0 Å². The van der Waals surface area contributed by atoms with Crippen molar-refractivity contribution in [3.63, 3.8) is 0 Å². The maximum Gasteiger partial charge on any atom is 0.262 e. The zero-order valence-corrected chi connectivity index (χ0v) is 18.1. The Morgan fingerprint density at radius 3 is 2.68 bits per heavy atom. The smallest absolute Gasteiger partial charge is 0.262 e. The average Bonchev–Trinajstić information content (AvgIpc) is 3.17. The highest BCUT2D eigenvalue weighted by molar-refractivity contribution is 9.10. The lowest BCUT2D eigenvalue weighted by Crippen LogP contribution is -2.14. The molecule has 0 aliphatic carbocycles. The van der Waals surface area contributed by atoms with E-state index < -0.39 is 10.0 Å². The second-order valence-electron chi connectivity index (χ2n) is 5.95. The first-order valence-corrected chi connectivity index (χ1v) is 11.4. The number of hydrogen-bond acceptors (Lipinski definition) is 4. The first kappa shape index (κ1) is 20.3. The zero-order chi connectivity index (χ0) is 20.1. The molecule has 0 saturated carbocycles. The fourth-order valence-corrected chi connectivity index (χ4v) is 4.60. The van der Waals surface area contributed by atoms with Gasteiger partial charge in [0.25, 0.3) is 10.0 Å². The number of aryl methyl sites for hydroxylation is 1. The summed E-state index contributed by atoms with van der Waals surface area (Å²) in [4.78, 5) is 13.1. The average molecular weight is 477 g/mol. The van der Waals surface area contributed by atoms with Crippen molar-refractivity contribution in [3.8, 4) is 0 Å². The molecule has 1 aromatic heterocycles. The Bertz CT molecular complexity index is 1120. The predicted octanol–water partition coefficient (Wildman–Crippen LogP) is 5.27. The van der Waals surface area contributed by atoms with Crippen LogP contribution in [-0.2, 0) is 14.8 Å². The molecule has 3 aromatic rings. The lowest BCUT2D eigenvalue weighted by molar-refractivity contribution is -0.111. The number of carbonyl (C=O) groups excluding carboxylic acids is 1. The summed E-state index contributed by atoms with van der Waals surface area (Å²) >= 11 is 4.87. The Morgan fingerprint density at radius 1 is 1.11 bits per heavy atom. The molecule has 1 heterocycles. The number of sulfonamides is 1. The van der Waals surface area contributed by atoms with Gasteiger partial charge in [-0.25, -0.2) is 8.42 Å². The van der Waals surface area contributed by atoms with Crippen LogP contribution in [0.15, 0.2) is 75.4 Å². The summed E-state index contributed by atoms with van der Waals surface area (Å²) in [7, 11) is -3.81. The molecule has 0 fully saturated rings. The second-order valence-corrected chi connectivity index (χ2v) is 9.47. The molecule has 0 spiro atoms. The molecule has 0 saturated heterocycles. The zero-order valence-electron chi connectivity index (χ0n) is 14.8. The van der Waals surface area contributed by atoms with Crippen molar-refractivity contribution in [2.24, 2.45) is 0 Å². The van der Waals surface area contributed by atoms with E-state index in [4.69, 9.17) is 0 Å². The molecule has 0 atom stereocenters. The van der Waals surface area contributed by atoms with E-state index in [0.717, 1.165) is 10.4 Å². The van der Waals surface area contributed by atoms with Gasteiger partial charge in [-0.3, -0.25) is 9.52 Å². The van der Waals surface area contributed by atoms with Crippen LogP contribution in [-0.4, -0.2) is 14.3 Å². The Hall–Kier alpha value is -2.42. The molecule has 28 heavy (non-hydrogen) atoms. The Balaban J connectivity index is 1.76. The molecule has 5 nitrogen and oxygen atoms in total. The first-order chi connectivity index (χ1) is 13.3. The molecule has 1 amide bonds. The molecule has 144 valence electrons. The van der Waals surface area contributed by atoms with Crippen LogP contribution in [0.3, 0.4) is 0 Å². The van der Waals surface area contributed by atoms with E-state index in [2.05, 4.69) is 26.0 Å². The molecular formula is C20H17BrN2O3S2. The van der Waals surface area contributed by atoms with E-state index in [9.17, 15) is 13.2 Å². The van der Waals surface area contributed by atoms with Crippen LogP contribution < -0.4 is 10.0 Å². The third-order valence-corrected chi connectivity index (χ3v) is 6.61. The Kier molecular flexibility index (Phi) is 6.33. The largest absolute Gasteiger partial charge is 0.322 e. The monoisotopic (exact) mass is 476 g/mol. The summed E-state index contributed by atoms with van der Waals surface area (Å²) in [5, 5.41) is 4.60. The summed E-state index contributed by atoms with van der Waals surface area (Å²) < 4.78 is 28.7. The van der Waals surface area contributed by atoms with Crippen LogP contribution in [0, 0.1) is 6.92 Å². The summed E-state index contributed by atoms with van der Waals surface area (Å²) in [6.07, 6.45) is 3.12. The second kappa shape index (κ2) is 8.72. The Morgan fingerprint density at radius 2 is 1.93 bits per heavy atom. The third-order valence-electron chi connectivity index (χ3n) is 3.72. The van der Waals surface area contributed by atoms with E-state index in [1.807, 2.05) is 30.5 Å². The number of thiophene rings is 1. The molecule has 0 unspecified atom stereocenters. The van der Waals surface area contributed by atoms with Crippen LogP contribution >= 0.6 is 27.3 Å². The van der Waals surface area contributed by atoms with Crippen LogP contribution in [0.1, 0.15) is 10.4 Å². The number of carbonyl (C=O) groups is 1. The number of hydrogen-bond donors (Lipinski definition) is 2. The van der Waals surface area contributed by atoms with Gasteiger partial charge >= 0.3 is 0 Å². The minimum atomic E-state index is -3.81. The van der Waals surface area contributed by atoms with Gasteiger partial charge in [-0.15, -0.1) is 11.3 Å². The number of amides is 1. The van der Waals surface area contributed by atoms with Crippen molar-refractivity contribution in [1.82, 2.24) is 0 Å². The van der Waals surface area contributed by atoms with Crippen LogP contribution in [0.5, 0.6) is 0 Å². The van der Waals surface area contributed by atoms with Gasteiger partial charge in [-0.1, -0.05) is 18.2 Å². The van der Waals surface area contributed by atoms with Gasteiger partial charge in [0.15, 0.2) is 0 Å². The summed E-state index contributed by atoms with van der Waals surface area (Å²) in [6.45, 7) is 1.88. The number of benzene rings is 2. The van der Waals surface area contributed by atoms with Crippen molar-refractivity contribution in [2.75, 3.05) is 10.0 Å². The minimum Gasteiger partial charge on any atom is -0.322 e. The third kappa shape index (κ3) is 5.31. The van der Waals surface area contributed by atoms with E-state index in [1.165, 1.54) is 29.5 Å². The van der Waals surface area contributed by atoms with Gasteiger partial charge in [0, 0.05) is 21.1 Å². The molecule has 0 aliphatic heterocycles. The van der Waals surface area contributed by atoms with Crippen LogP contribution in [0.2, 0.25) is 0 Å². The van der Waals surface area contributed by atoms with Gasteiger partial charge < -0.3 is 5.32 Å². The fraction of sp³-hybridized carbons (Fsp3) is 0.0500. The van der Waals surface area contributed by atoms with Crippen LogP contribution in [0.25, 0.3) is 6.08 Å². The highest BCUT2D eigenvalue weighted by Crippen LogP contribution is 2.27.